The Labute approximate surface area is 266 Å². The van der Waals surface area contributed by atoms with E-state index in [9.17, 15) is 4.79 Å². The highest BCUT2D eigenvalue weighted by molar-refractivity contribution is 6.31. The molecule has 3 aliphatic rings. The molecular weight excluding hydrogens is 591 g/mol. The van der Waals surface area contributed by atoms with Gasteiger partial charge in [0, 0.05) is 67.5 Å². The van der Waals surface area contributed by atoms with Crippen molar-refractivity contribution in [3.05, 3.63) is 110 Å². The van der Waals surface area contributed by atoms with Crippen LogP contribution in [0.25, 0.3) is 21.8 Å². The van der Waals surface area contributed by atoms with Crippen molar-refractivity contribution in [2.75, 3.05) is 20.2 Å². The van der Waals surface area contributed by atoms with Gasteiger partial charge in [0.1, 0.15) is 11.9 Å². The number of carbonyl (C=O) groups is 1. The molecule has 0 amide bonds. The molecule has 3 aromatic carbocycles. The summed E-state index contributed by atoms with van der Waals surface area (Å²) in [5.74, 6) is 0.813. The maximum absolute atomic E-state index is 14.8. The number of H-pyrrole nitrogens is 2. The van der Waals surface area contributed by atoms with Crippen molar-refractivity contribution in [3.63, 3.8) is 0 Å². The number of nitrogens with zero attached hydrogens (tertiary/aromatic N) is 2. The van der Waals surface area contributed by atoms with E-state index in [2.05, 4.69) is 51.0 Å². The quantitative estimate of drug-likeness (QED) is 0.185. The van der Waals surface area contributed by atoms with Crippen LogP contribution in [0.15, 0.2) is 71.9 Å². The molecule has 3 aliphatic heterocycles. The third-order valence-corrected chi connectivity index (χ3v) is 10.3. The zero-order chi connectivity index (χ0) is 30.1. The smallest absolute Gasteiger partial charge is 0.192 e. The van der Waals surface area contributed by atoms with Crippen molar-refractivity contribution in [1.82, 2.24) is 19.8 Å². The second-order valence-electron chi connectivity index (χ2n) is 12.1. The van der Waals surface area contributed by atoms with Crippen LogP contribution in [-0.2, 0) is 12.8 Å². The topological polar surface area (TPSA) is 64.4 Å². The highest BCUT2D eigenvalue weighted by Crippen LogP contribution is 2.53. The minimum atomic E-state index is -0.228. The number of hydrogen-bond acceptors (Lipinski definition) is 4. The number of aromatic amines is 2. The molecular formula is C36H34Cl2N4O2. The Kier molecular flexibility index (Phi) is 6.78. The zero-order valence-electron chi connectivity index (χ0n) is 24.8. The fourth-order valence-electron chi connectivity index (χ4n) is 7.81. The number of rotatable bonds is 6. The minimum absolute atomic E-state index is 0.0163. The van der Waals surface area contributed by atoms with E-state index in [4.69, 9.17) is 27.9 Å². The number of hydrogen-bond donors (Lipinski definition) is 2. The SMILES string of the molecule is CCCCC1=C(C(=O)c2ccc(OC)cc2)[C@@H]2c3[nH]c4ccc(Cl)cc4c3CCN2[C@@H]2c3[nH]c4ccc(Cl)cc4c3CCN12. The molecule has 224 valence electrons. The van der Waals surface area contributed by atoms with Crippen LogP contribution < -0.4 is 4.74 Å². The van der Waals surface area contributed by atoms with Gasteiger partial charge in [-0.15, -0.1) is 0 Å². The largest absolute Gasteiger partial charge is 0.497 e. The fraction of sp³-hybridized carbons (Fsp3) is 0.306. The van der Waals surface area contributed by atoms with Gasteiger partial charge in [0.2, 0.25) is 0 Å². The summed E-state index contributed by atoms with van der Waals surface area (Å²) in [5, 5.41) is 3.81. The number of ketones is 1. The van der Waals surface area contributed by atoms with Crippen LogP contribution in [0, 0.1) is 0 Å². The molecule has 2 N–H and O–H groups in total. The van der Waals surface area contributed by atoms with Gasteiger partial charge in [0.05, 0.1) is 18.8 Å². The lowest BCUT2D eigenvalue weighted by molar-refractivity contribution is 0.000623. The fourth-order valence-corrected chi connectivity index (χ4v) is 8.15. The summed E-state index contributed by atoms with van der Waals surface area (Å²) in [4.78, 5) is 27.4. The van der Waals surface area contributed by atoms with Crippen molar-refractivity contribution in [2.45, 2.75) is 51.2 Å². The number of unbranched alkanes of at least 4 members (excludes halogenated alkanes) is 1. The summed E-state index contributed by atoms with van der Waals surface area (Å²) in [6.07, 6.45) is 4.64. The van der Waals surface area contributed by atoms with Crippen LogP contribution in [0.2, 0.25) is 10.0 Å². The van der Waals surface area contributed by atoms with Gasteiger partial charge in [-0.1, -0.05) is 36.5 Å². The number of allylic oxidation sites excluding steroid dienone is 1. The summed E-state index contributed by atoms with van der Waals surface area (Å²) >= 11 is 13.0. The summed E-state index contributed by atoms with van der Waals surface area (Å²) in [5.41, 5.74) is 9.78. The van der Waals surface area contributed by atoms with E-state index in [-0.39, 0.29) is 18.0 Å². The van der Waals surface area contributed by atoms with Gasteiger partial charge in [-0.2, -0.15) is 0 Å². The van der Waals surface area contributed by atoms with E-state index < -0.39 is 0 Å². The standard InChI is InChI=1S/C36H34Cl2N4O2/c1-3-4-5-30-31(35(43)20-6-10-23(44-2)11-7-20)34-32-24(26-18-21(37)8-12-28(26)39-32)15-17-42(34)36-33-25(14-16-41(30)36)27-19-22(38)9-13-29(27)40-33/h6-13,18-19,34,36,39-40H,3-5,14-17H2,1-2H3/t34-,36-/m1/s1. The lowest BCUT2D eigenvalue weighted by Gasteiger charge is -2.54. The first-order valence-corrected chi connectivity index (χ1v) is 16.3. The maximum atomic E-state index is 14.8. The van der Waals surface area contributed by atoms with Crippen LogP contribution in [0.1, 0.15) is 71.3 Å². The first-order valence-electron chi connectivity index (χ1n) is 15.5. The Morgan fingerprint density at radius 1 is 0.886 bits per heavy atom. The molecule has 2 atom stereocenters. The first-order chi connectivity index (χ1) is 21.5. The molecule has 0 aliphatic carbocycles. The lowest BCUT2D eigenvalue weighted by Crippen LogP contribution is -2.54. The molecule has 44 heavy (non-hydrogen) atoms. The monoisotopic (exact) mass is 624 g/mol. The number of carbonyl (C=O) groups excluding carboxylic acids is 1. The minimum Gasteiger partial charge on any atom is -0.497 e. The first kappa shape index (κ1) is 27.8. The number of fused-ring (bicyclic) bond motifs is 11. The Balaban J connectivity index is 1.38. The summed E-state index contributed by atoms with van der Waals surface area (Å²) < 4.78 is 5.41. The molecule has 8 rings (SSSR count). The van der Waals surface area contributed by atoms with E-state index in [1.54, 1.807) is 7.11 Å². The second-order valence-corrected chi connectivity index (χ2v) is 13.0. The average molecular weight is 626 g/mol. The average Bonchev–Trinajstić information content (AvgIpc) is 3.60. The van der Waals surface area contributed by atoms with Gasteiger partial charge in [0.15, 0.2) is 5.78 Å². The van der Waals surface area contributed by atoms with Gasteiger partial charge >= 0.3 is 0 Å². The van der Waals surface area contributed by atoms with Crippen molar-refractivity contribution in [1.29, 1.82) is 0 Å². The number of halogens is 2. The number of Topliss-reactive ketones (excluding diaryl/α,β-unsaturated/α-hetero) is 1. The molecule has 0 bridgehead atoms. The predicted molar refractivity (Wildman–Crippen MR) is 177 cm³/mol. The third kappa shape index (κ3) is 4.22. The van der Waals surface area contributed by atoms with Gasteiger partial charge in [-0.3, -0.25) is 9.69 Å². The molecule has 0 fully saturated rings. The summed E-state index contributed by atoms with van der Waals surface area (Å²) in [7, 11) is 1.65. The molecule has 8 heteroatoms. The maximum Gasteiger partial charge on any atom is 0.192 e. The van der Waals surface area contributed by atoms with E-state index in [0.717, 1.165) is 94.4 Å². The Bertz CT molecular complexity index is 1970. The van der Waals surface area contributed by atoms with Gasteiger partial charge < -0.3 is 19.6 Å². The van der Waals surface area contributed by atoms with Crippen LogP contribution in [0.4, 0.5) is 0 Å². The van der Waals surface area contributed by atoms with E-state index in [0.29, 0.717) is 5.56 Å². The van der Waals surface area contributed by atoms with Crippen LogP contribution >= 0.6 is 23.2 Å². The number of ether oxygens (including phenoxy) is 1. The number of methoxy groups -OCH3 is 1. The summed E-state index contributed by atoms with van der Waals surface area (Å²) in [6, 6.07) is 19.5. The van der Waals surface area contributed by atoms with Gasteiger partial charge in [-0.05, 0) is 97.5 Å². The molecule has 5 aromatic rings. The molecule has 0 spiro atoms. The predicted octanol–water partition coefficient (Wildman–Crippen LogP) is 8.76. The Morgan fingerprint density at radius 3 is 2.18 bits per heavy atom. The van der Waals surface area contributed by atoms with E-state index in [1.807, 2.05) is 36.4 Å². The highest BCUT2D eigenvalue weighted by atomic mass is 35.5. The molecule has 0 saturated carbocycles. The van der Waals surface area contributed by atoms with Crippen molar-refractivity contribution in [3.8, 4) is 5.75 Å². The van der Waals surface area contributed by atoms with Crippen molar-refractivity contribution < 1.29 is 9.53 Å². The van der Waals surface area contributed by atoms with E-state index in [1.165, 1.54) is 22.2 Å². The van der Waals surface area contributed by atoms with Crippen LogP contribution in [-0.4, -0.2) is 45.8 Å². The summed E-state index contributed by atoms with van der Waals surface area (Å²) in [6.45, 7) is 3.87. The number of nitrogens with one attached hydrogen (secondary N) is 2. The zero-order valence-corrected chi connectivity index (χ0v) is 26.4. The van der Waals surface area contributed by atoms with Crippen molar-refractivity contribution in [2.24, 2.45) is 0 Å². The third-order valence-electron chi connectivity index (χ3n) is 9.79. The van der Waals surface area contributed by atoms with E-state index >= 15 is 0 Å². The molecule has 2 aromatic heterocycles. The molecule has 0 unspecified atom stereocenters. The molecule has 5 heterocycles. The molecule has 0 radical (unpaired) electrons. The number of aromatic nitrogens is 2. The van der Waals surface area contributed by atoms with Gasteiger partial charge in [0.25, 0.3) is 0 Å². The van der Waals surface area contributed by atoms with Crippen LogP contribution in [0.3, 0.4) is 0 Å². The van der Waals surface area contributed by atoms with Crippen LogP contribution in [0.5, 0.6) is 5.75 Å². The second kappa shape index (κ2) is 10.7. The molecule has 0 saturated heterocycles. The lowest BCUT2D eigenvalue weighted by atomic mass is 9.81. The van der Waals surface area contributed by atoms with Gasteiger partial charge in [-0.25, -0.2) is 0 Å². The highest BCUT2D eigenvalue weighted by Gasteiger charge is 2.49. The molecule has 6 nitrogen and oxygen atoms in total. The van der Waals surface area contributed by atoms with Crippen molar-refractivity contribution >= 4 is 50.8 Å². The Morgan fingerprint density at radius 2 is 1.52 bits per heavy atom. The Hall–Kier alpha value is -3.71. The normalized spacial score (nSPS) is 19.6. The number of benzene rings is 3.